The Morgan fingerprint density at radius 3 is 2.77 bits per heavy atom. The molecule has 0 unspecified atom stereocenters. The molecule has 5 heteroatoms. The molecule has 0 bridgehead atoms. The number of rotatable bonds is 3. The van der Waals surface area contributed by atoms with Crippen LogP contribution in [0.4, 0.5) is 11.6 Å². The Bertz CT molecular complexity index is 287. The first-order chi connectivity index (χ1) is 6.03. The van der Waals surface area contributed by atoms with Crippen molar-refractivity contribution in [2.75, 3.05) is 17.7 Å². The highest BCUT2D eigenvalue weighted by molar-refractivity contribution is 5.44. The first-order valence-corrected chi connectivity index (χ1v) is 4.00. The Labute approximate surface area is 77.0 Å². The van der Waals surface area contributed by atoms with Crippen molar-refractivity contribution >= 4 is 11.6 Å². The second-order valence-electron chi connectivity index (χ2n) is 3.50. The number of aromatic nitrogens is 2. The lowest BCUT2D eigenvalue weighted by Gasteiger charge is -2.23. The summed E-state index contributed by atoms with van der Waals surface area (Å²) in [5, 5.41) is 12.0. The van der Waals surface area contributed by atoms with Crippen molar-refractivity contribution in [3.8, 4) is 0 Å². The molecule has 0 amide bonds. The van der Waals surface area contributed by atoms with E-state index in [1.54, 1.807) is 6.07 Å². The Balaban J connectivity index is 2.74. The fourth-order valence-electron chi connectivity index (χ4n) is 0.827. The first-order valence-electron chi connectivity index (χ1n) is 4.00. The van der Waals surface area contributed by atoms with E-state index in [0.717, 1.165) is 0 Å². The number of aliphatic hydroxyl groups excluding tert-OH is 1. The van der Waals surface area contributed by atoms with Gasteiger partial charge < -0.3 is 16.2 Å². The summed E-state index contributed by atoms with van der Waals surface area (Å²) in [7, 11) is 0. The van der Waals surface area contributed by atoms with Crippen LogP contribution in [-0.2, 0) is 0 Å². The third-order valence-corrected chi connectivity index (χ3v) is 1.55. The second-order valence-corrected chi connectivity index (χ2v) is 3.50. The molecular formula is C8H14N4O. The van der Waals surface area contributed by atoms with Crippen molar-refractivity contribution in [1.82, 2.24) is 9.97 Å². The lowest BCUT2D eigenvalue weighted by atomic mass is 10.1. The van der Waals surface area contributed by atoms with E-state index in [1.807, 2.05) is 13.8 Å². The van der Waals surface area contributed by atoms with E-state index >= 15 is 0 Å². The van der Waals surface area contributed by atoms with Crippen molar-refractivity contribution in [1.29, 1.82) is 0 Å². The van der Waals surface area contributed by atoms with Gasteiger partial charge in [-0.25, -0.2) is 9.97 Å². The summed E-state index contributed by atoms with van der Waals surface area (Å²) in [6, 6.07) is 1.62. The van der Waals surface area contributed by atoms with Crippen LogP contribution in [0, 0.1) is 0 Å². The highest BCUT2D eigenvalue weighted by Crippen LogP contribution is 2.12. The molecule has 0 saturated carbocycles. The van der Waals surface area contributed by atoms with Gasteiger partial charge in [0.15, 0.2) is 0 Å². The van der Waals surface area contributed by atoms with Crippen LogP contribution in [0.25, 0.3) is 0 Å². The van der Waals surface area contributed by atoms with Crippen LogP contribution in [0.1, 0.15) is 13.8 Å². The number of aliphatic hydroxyl groups is 1. The zero-order chi connectivity index (χ0) is 9.90. The molecule has 1 aromatic heterocycles. The van der Waals surface area contributed by atoms with Gasteiger partial charge in [0.25, 0.3) is 0 Å². The van der Waals surface area contributed by atoms with Gasteiger partial charge in [0.1, 0.15) is 18.0 Å². The maximum absolute atomic E-state index is 8.99. The molecule has 0 radical (unpaired) electrons. The lowest BCUT2D eigenvalue weighted by Crippen LogP contribution is -2.35. The molecule has 4 N–H and O–H groups in total. The maximum Gasteiger partial charge on any atom is 0.131 e. The average molecular weight is 182 g/mol. The molecule has 1 rings (SSSR count). The summed E-state index contributed by atoms with van der Waals surface area (Å²) in [6.07, 6.45) is 1.38. The molecule has 72 valence electrons. The molecule has 0 saturated heterocycles. The first kappa shape index (κ1) is 9.73. The van der Waals surface area contributed by atoms with Crippen LogP contribution >= 0.6 is 0 Å². The normalized spacial score (nSPS) is 11.3. The molecule has 0 atom stereocenters. The van der Waals surface area contributed by atoms with Crippen molar-refractivity contribution < 1.29 is 5.11 Å². The molecule has 1 heterocycles. The van der Waals surface area contributed by atoms with Gasteiger partial charge in [-0.1, -0.05) is 0 Å². The topological polar surface area (TPSA) is 84.1 Å². The lowest BCUT2D eigenvalue weighted by molar-refractivity contribution is 0.234. The van der Waals surface area contributed by atoms with E-state index in [1.165, 1.54) is 6.33 Å². The van der Waals surface area contributed by atoms with Crippen molar-refractivity contribution in [2.45, 2.75) is 19.4 Å². The third-order valence-electron chi connectivity index (χ3n) is 1.55. The number of anilines is 2. The van der Waals surface area contributed by atoms with Gasteiger partial charge >= 0.3 is 0 Å². The Morgan fingerprint density at radius 1 is 1.54 bits per heavy atom. The van der Waals surface area contributed by atoms with Crippen LogP contribution in [0.2, 0.25) is 0 Å². The number of nitrogens with two attached hydrogens (primary N) is 1. The van der Waals surface area contributed by atoms with Gasteiger partial charge in [-0.05, 0) is 13.8 Å². The second kappa shape index (κ2) is 3.57. The quantitative estimate of drug-likeness (QED) is 0.623. The summed E-state index contributed by atoms with van der Waals surface area (Å²) in [5.41, 5.74) is 5.06. The number of nitrogens with zero attached hydrogens (tertiary/aromatic N) is 2. The summed E-state index contributed by atoms with van der Waals surface area (Å²) < 4.78 is 0. The number of nitrogens with one attached hydrogen (secondary N) is 1. The maximum atomic E-state index is 8.99. The van der Waals surface area contributed by atoms with Crippen molar-refractivity contribution in [3.63, 3.8) is 0 Å². The Morgan fingerprint density at radius 2 is 2.23 bits per heavy atom. The van der Waals surface area contributed by atoms with Gasteiger partial charge in [0.05, 0.1) is 12.1 Å². The molecule has 0 aliphatic carbocycles. The van der Waals surface area contributed by atoms with Gasteiger partial charge in [0, 0.05) is 6.07 Å². The van der Waals surface area contributed by atoms with Crippen LogP contribution in [0.3, 0.4) is 0 Å². The number of nitrogen functional groups attached to an aromatic ring is 1. The van der Waals surface area contributed by atoms with Gasteiger partial charge in [-0.15, -0.1) is 0 Å². The molecule has 13 heavy (non-hydrogen) atoms. The highest BCUT2D eigenvalue weighted by Gasteiger charge is 2.16. The monoisotopic (exact) mass is 182 g/mol. The van der Waals surface area contributed by atoms with Crippen molar-refractivity contribution in [2.24, 2.45) is 0 Å². The van der Waals surface area contributed by atoms with E-state index in [0.29, 0.717) is 11.6 Å². The van der Waals surface area contributed by atoms with E-state index < -0.39 is 5.54 Å². The Hall–Kier alpha value is -1.36. The average Bonchev–Trinajstić information content (AvgIpc) is 2.03. The van der Waals surface area contributed by atoms with Gasteiger partial charge in [-0.3, -0.25) is 0 Å². The molecular weight excluding hydrogens is 168 g/mol. The predicted molar refractivity (Wildman–Crippen MR) is 51.2 cm³/mol. The van der Waals surface area contributed by atoms with E-state index in [-0.39, 0.29) is 6.61 Å². The molecule has 5 nitrogen and oxygen atoms in total. The molecule has 0 aromatic carbocycles. The molecule has 1 aromatic rings. The molecule has 0 aliphatic heterocycles. The van der Waals surface area contributed by atoms with Crippen LogP contribution in [0.15, 0.2) is 12.4 Å². The minimum atomic E-state index is -0.402. The fraction of sp³-hybridized carbons (Fsp3) is 0.500. The van der Waals surface area contributed by atoms with Crippen LogP contribution in [0.5, 0.6) is 0 Å². The summed E-state index contributed by atoms with van der Waals surface area (Å²) in [6.45, 7) is 3.76. The zero-order valence-electron chi connectivity index (χ0n) is 7.78. The smallest absolute Gasteiger partial charge is 0.131 e. The predicted octanol–water partition coefficient (Wildman–Crippen LogP) is 0.242. The summed E-state index contributed by atoms with van der Waals surface area (Å²) >= 11 is 0. The summed E-state index contributed by atoms with van der Waals surface area (Å²) in [5.74, 6) is 1.03. The number of hydrogen-bond acceptors (Lipinski definition) is 5. The van der Waals surface area contributed by atoms with Crippen LogP contribution in [-0.4, -0.2) is 27.2 Å². The standard InChI is InChI=1S/C8H14N4O/c1-8(2,4-13)12-7-3-6(9)10-5-11-7/h3,5,13H,4H2,1-2H3,(H3,9,10,11,12). The van der Waals surface area contributed by atoms with E-state index in [4.69, 9.17) is 10.8 Å². The third kappa shape index (κ3) is 2.87. The van der Waals surface area contributed by atoms with E-state index in [9.17, 15) is 0 Å². The zero-order valence-corrected chi connectivity index (χ0v) is 7.78. The molecule has 0 spiro atoms. The van der Waals surface area contributed by atoms with Gasteiger partial charge in [-0.2, -0.15) is 0 Å². The van der Waals surface area contributed by atoms with Gasteiger partial charge in [0.2, 0.25) is 0 Å². The van der Waals surface area contributed by atoms with Crippen LogP contribution < -0.4 is 11.1 Å². The fourth-order valence-corrected chi connectivity index (χ4v) is 0.827. The Kier molecular flexibility index (Phi) is 2.67. The minimum absolute atomic E-state index is 0.0247. The minimum Gasteiger partial charge on any atom is -0.394 e. The SMILES string of the molecule is CC(C)(CO)Nc1cc(N)ncn1. The molecule has 0 aliphatic rings. The van der Waals surface area contributed by atoms with E-state index in [2.05, 4.69) is 15.3 Å². The number of hydrogen-bond donors (Lipinski definition) is 3. The highest BCUT2D eigenvalue weighted by atomic mass is 16.3. The summed E-state index contributed by atoms with van der Waals surface area (Å²) in [4.78, 5) is 7.72. The largest absolute Gasteiger partial charge is 0.394 e. The van der Waals surface area contributed by atoms with Crippen molar-refractivity contribution in [3.05, 3.63) is 12.4 Å². The molecule has 0 fully saturated rings.